The largest absolute Gasteiger partial charge is 0.416 e. The minimum absolute atomic E-state index is 0.0182. The van der Waals surface area contributed by atoms with Crippen LogP contribution >= 0.6 is 0 Å². The lowest BCUT2D eigenvalue weighted by Crippen LogP contribution is -2.45. The molecule has 1 heterocycles. The van der Waals surface area contributed by atoms with Gasteiger partial charge in [-0.2, -0.15) is 25.9 Å². The van der Waals surface area contributed by atoms with Crippen LogP contribution in [0, 0.1) is 16.0 Å². The zero-order chi connectivity index (χ0) is 20.2. The highest BCUT2D eigenvalue weighted by Crippen LogP contribution is 2.34. The zero-order valence-corrected chi connectivity index (χ0v) is 15.4. The van der Waals surface area contributed by atoms with Crippen LogP contribution in [-0.4, -0.2) is 43.8 Å². The van der Waals surface area contributed by atoms with Gasteiger partial charge in [0.1, 0.15) is 5.69 Å². The fourth-order valence-corrected chi connectivity index (χ4v) is 3.94. The molecule has 1 fully saturated rings. The number of nitro groups is 1. The summed E-state index contributed by atoms with van der Waals surface area (Å²) in [5, 5.41) is 13.6. The van der Waals surface area contributed by atoms with Crippen molar-refractivity contribution in [3.05, 3.63) is 33.9 Å². The minimum atomic E-state index is -4.69. The maximum Gasteiger partial charge on any atom is 0.416 e. The Balaban J connectivity index is 1.94. The Labute approximate surface area is 155 Å². The molecule has 2 rings (SSSR count). The number of alkyl halides is 3. The molecule has 1 aromatic rings. The van der Waals surface area contributed by atoms with E-state index in [4.69, 9.17) is 0 Å². The molecule has 27 heavy (non-hydrogen) atoms. The van der Waals surface area contributed by atoms with Crippen LogP contribution < -0.4 is 10.0 Å². The van der Waals surface area contributed by atoms with E-state index in [1.165, 1.54) is 4.31 Å². The molecule has 0 saturated carbocycles. The van der Waals surface area contributed by atoms with Crippen molar-refractivity contribution < 1.29 is 26.5 Å². The summed E-state index contributed by atoms with van der Waals surface area (Å²) >= 11 is 0. The smallest absolute Gasteiger partial charge is 0.378 e. The van der Waals surface area contributed by atoms with Crippen molar-refractivity contribution in [3.63, 3.8) is 0 Å². The Hall–Kier alpha value is -1.92. The molecule has 12 heteroatoms. The van der Waals surface area contributed by atoms with Crippen molar-refractivity contribution in [1.29, 1.82) is 0 Å². The number of anilines is 1. The monoisotopic (exact) mass is 410 g/mol. The zero-order valence-electron chi connectivity index (χ0n) is 14.6. The predicted octanol–water partition coefficient (Wildman–Crippen LogP) is 2.59. The van der Waals surface area contributed by atoms with Crippen LogP contribution in [0.3, 0.4) is 0 Å². The van der Waals surface area contributed by atoms with E-state index in [9.17, 15) is 31.7 Å². The van der Waals surface area contributed by atoms with Gasteiger partial charge in [0.05, 0.1) is 10.5 Å². The normalized spacial score (nSPS) is 17.0. The number of halogens is 3. The molecular weight excluding hydrogens is 389 g/mol. The van der Waals surface area contributed by atoms with Crippen molar-refractivity contribution in [2.75, 3.05) is 31.5 Å². The van der Waals surface area contributed by atoms with Crippen LogP contribution in [0.15, 0.2) is 18.2 Å². The molecule has 2 N–H and O–H groups in total. The number of benzene rings is 1. The van der Waals surface area contributed by atoms with Gasteiger partial charge in [-0.05, 0) is 30.9 Å². The highest BCUT2D eigenvalue weighted by molar-refractivity contribution is 7.87. The summed E-state index contributed by atoms with van der Waals surface area (Å²) in [6.45, 7) is 2.82. The fraction of sp³-hybridized carbons (Fsp3) is 0.600. The minimum Gasteiger partial charge on any atom is -0.378 e. The molecular formula is C15H21F3N4O4S. The molecule has 1 aromatic carbocycles. The van der Waals surface area contributed by atoms with Gasteiger partial charge in [-0.3, -0.25) is 10.1 Å². The average molecular weight is 410 g/mol. The first-order valence-corrected chi connectivity index (χ1v) is 9.79. The molecule has 1 aliphatic rings. The number of nitro benzene ring substituents is 1. The van der Waals surface area contributed by atoms with Crippen LogP contribution in [0.4, 0.5) is 24.5 Å². The van der Waals surface area contributed by atoms with Crippen molar-refractivity contribution in [2.45, 2.75) is 25.9 Å². The van der Waals surface area contributed by atoms with Crippen LogP contribution in [-0.2, 0) is 16.4 Å². The van der Waals surface area contributed by atoms with Gasteiger partial charge >= 0.3 is 6.18 Å². The van der Waals surface area contributed by atoms with Gasteiger partial charge in [0.2, 0.25) is 0 Å². The van der Waals surface area contributed by atoms with Crippen molar-refractivity contribution in [2.24, 2.45) is 5.92 Å². The average Bonchev–Trinajstić information content (AvgIpc) is 2.58. The SMILES string of the molecule is CC1CCN(S(=O)(=O)NCCNc2ccc(C(F)(F)F)cc2[N+](=O)[O-])CC1. The van der Waals surface area contributed by atoms with Gasteiger partial charge in [0, 0.05) is 32.2 Å². The number of nitrogens with zero attached hydrogens (tertiary/aromatic N) is 2. The first-order valence-electron chi connectivity index (χ1n) is 8.35. The Morgan fingerprint density at radius 1 is 1.26 bits per heavy atom. The number of hydrogen-bond acceptors (Lipinski definition) is 5. The van der Waals surface area contributed by atoms with Crippen molar-refractivity contribution in [3.8, 4) is 0 Å². The van der Waals surface area contributed by atoms with Crippen molar-refractivity contribution >= 4 is 21.6 Å². The topological polar surface area (TPSA) is 105 Å². The highest BCUT2D eigenvalue weighted by atomic mass is 32.2. The summed E-state index contributed by atoms with van der Waals surface area (Å²) in [6, 6.07) is 2.14. The standard InChI is InChI=1S/C15H21F3N4O4S/c1-11-4-8-21(9-5-11)27(25,26)20-7-6-19-13-3-2-12(15(16,17)18)10-14(13)22(23)24/h2-3,10-11,19-20H,4-9H2,1H3. The van der Waals surface area contributed by atoms with Gasteiger partial charge < -0.3 is 5.32 Å². The van der Waals surface area contributed by atoms with E-state index in [0.29, 0.717) is 25.1 Å². The molecule has 1 saturated heterocycles. The van der Waals surface area contributed by atoms with E-state index in [-0.39, 0.29) is 18.8 Å². The summed E-state index contributed by atoms with van der Waals surface area (Å²) in [5.74, 6) is 0.471. The molecule has 8 nitrogen and oxygen atoms in total. The Kier molecular flexibility index (Phi) is 6.65. The molecule has 0 amide bonds. The van der Waals surface area contributed by atoms with Gasteiger partial charge in [0.25, 0.3) is 15.9 Å². The third-order valence-corrected chi connectivity index (χ3v) is 5.94. The molecule has 0 spiro atoms. The number of rotatable bonds is 7. The van der Waals surface area contributed by atoms with Crippen LogP contribution in [0.25, 0.3) is 0 Å². The second kappa shape index (κ2) is 8.40. The summed E-state index contributed by atoms with van der Waals surface area (Å²) in [7, 11) is -3.65. The fourth-order valence-electron chi connectivity index (χ4n) is 2.70. The van der Waals surface area contributed by atoms with Crippen LogP contribution in [0.5, 0.6) is 0 Å². The summed E-state index contributed by atoms with van der Waals surface area (Å²) in [5.41, 5.74) is -1.96. The molecule has 0 aromatic heterocycles. The first-order chi connectivity index (χ1) is 12.5. The predicted molar refractivity (Wildman–Crippen MR) is 93.5 cm³/mol. The molecule has 0 radical (unpaired) electrons. The third-order valence-electron chi connectivity index (χ3n) is 4.33. The Morgan fingerprint density at radius 2 is 1.89 bits per heavy atom. The van der Waals surface area contributed by atoms with Gasteiger partial charge in [-0.1, -0.05) is 6.92 Å². The summed E-state index contributed by atoms with van der Waals surface area (Å²) in [4.78, 5) is 10.1. The lowest BCUT2D eigenvalue weighted by atomic mass is 10.0. The van der Waals surface area contributed by atoms with Gasteiger partial charge in [-0.15, -0.1) is 0 Å². The maximum absolute atomic E-state index is 12.7. The summed E-state index contributed by atoms with van der Waals surface area (Å²) < 4.78 is 66.1. The van der Waals surface area contributed by atoms with E-state index < -0.39 is 32.6 Å². The van der Waals surface area contributed by atoms with E-state index in [1.807, 2.05) is 0 Å². The third kappa shape index (κ3) is 5.78. The lowest BCUT2D eigenvalue weighted by Gasteiger charge is -2.29. The second-order valence-corrected chi connectivity index (χ2v) is 8.15. The Bertz CT molecular complexity index is 778. The van der Waals surface area contributed by atoms with E-state index in [1.54, 1.807) is 0 Å². The molecule has 152 valence electrons. The molecule has 0 atom stereocenters. The molecule has 0 bridgehead atoms. The second-order valence-electron chi connectivity index (χ2n) is 6.39. The Morgan fingerprint density at radius 3 is 2.44 bits per heavy atom. The van der Waals surface area contributed by atoms with E-state index in [2.05, 4.69) is 17.0 Å². The molecule has 0 unspecified atom stereocenters. The molecule has 0 aliphatic carbocycles. The highest BCUT2D eigenvalue weighted by Gasteiger charge is 2.33. The van der Waals surface area contributed by atoms with Crippen LogP contribution in [0.1, 0.15) is 25.3 Å². The van der Waals surface area contributed by atoms with Crippen LogP contribution in [0.2, 0.25) is 0 Å². The maximum atomic E-state index is 12.7. The number of nitrogens with one attached hydrogen (secondary N) is 2. The van der Waals surface area contributed by atoms with Crippen molar-refractivity contribution in [1.82, 2.24) is 9.03 Å². The van der Waals surface area contributed by atoms with Gasteiger partial charge in [-0.25, -0.2) is 4.72 Å². The number of hydrogen-bond donors (Lipinski definition) is 2. The molecule has 1 aliphatic heterocycles. The summed E-state index contributed by atoms with van der Waals surface area (Å²) in [6.07, 6.45) is -3.14. The quantitative estimate of drug-likeness (QED) is 0.408. The first kappa shape index (κ1) is 21.4. The van der Waals surface area contributed by atoms with E-state index in [0.717, 1.165) is 25.0 Å². The lowest BCUT2D eigenvalue weighted by molar-refractivity contribution is -0.384. The number of piperidine rings is 1. The van der Waals surface area contributed by atoms with Gasteiger partial charge in [0.15, 0.2) is 0 Å². The van der Waals surface area contributed by atoms with E-state index >= 15 is 0 Å².